The van der Waals surface area contributed by atoms with Gasteiger partial charge in [0.05, 0.1) is 12.3 Å². The van der Waals surface area contributed by atoms with Crippen LogP contribution in [0.2, 0.25) is 0 Å². The molecule has 21 heavy (non-hydrogen) atoms. The summed E-state index contributed by atoms with van der Waals surface area (Å²) < 4.78 is 11.2. The predicted octanol–water partition coefficient (Wildman–Crippen LogP) is 4.44. The summed E-state index contributed by atoms with van der Waals surface area (Å²) in [5.41, 5.74) is 2.67. The molecule has 114 valence electrons. The van der Waals surface area contributed by atoms with Crippen LogP contribution in [-0.4, -0.2) is 13.2 Å². The molecule has 1 atom stereocenters. The van der Waals surface area contributed by atoms with Gasteiger partial charge in [-0.25, -0.2) is 0 Å². The Balaban J connectivity index is 1.77. The molecule has 0 radical (unpaired) electrons. The van der Waals surface area contributed by atoms with Gasteiger partial charge in [0.2, 0.25) is 0 Å². The molecule has 0 fully saturated rings. The van der Waals surface area contributed by atoms with E-state index in [2.05, 4.69) is 51.2 Å². The number of benzene rings is 1. The fourth-order valence-electron chi connectivity index (χ4n) is 2.47. The predicted molar refractivity (Wildman–Crippen MR) is 85.9 cm³/mol. The summed E-state index contributed by atoms with van der Waals surface area (Å²) in [4.78, 5) is 0. The van der Waals surface area contributed by atoms with Crippen LogP contribution in [0, 0.1) is 6.92 Å². The van der Waals surface area contributed by atoms with Crippen molar-refractivity contribution in [2.24, 2.45) is 0 Å². The average molecular weight is 287 g/mol. The molecular formula is C18H25NO2. The largest absolute Gasteiger partial charge is 0.492 e. The monoisotopic (exact) mass is 287 g/mol. The van der Waals surface area contributed by atoms with Gasteiger partial charge in [-0.1, -0.05) is 19.9 Å². The van der Waals surface area contributed by atoms with Crippen LogP contribution in [0.5, 0.6) is 5.75 Å². The van der Waals surface area contributed by atoms with Crippen LogP contribution in [-0.2, 0) is 0 Å². The first-order chi connectivity index (χ1) is 10.1. The van der Waals surface area contributed by atoms with E-state index in [9.17, 15) is 0 Å². The Hall–Kier alpha value is -1.74. The van der Waals surface area contributed by atoms with Crippen molar-refractivity contribution in [3.8, 4) is 5.75 Å². The first-order valence-corrected chi connectivity index (χ1v) is 7.58. The molecule has 3 heteroatoms. The highest BCUT2D eigenvalue weighted by Gasteiger charge is 2.07. The highest BCUT2D eigenvalue weighted by molar-refractivity contribution is 5.36. The number of hydrogen-bond donors (Lipinski definition) is 1. The lowest BCUT2D eigenvalue weighted by Crippen LogP contribution is -2.24. The van der Waals surface area contributed by atoms with E-state index in [4.69, 9.17) is 9.15 Å². The Labute approximate surface area is 127 Å². The molecule has 1 aromatic carbocycles. The van der Waals surface area contributed by atoms with E-state index in [1.54, 1.807) is 6.26 Å². The van der Waals surface area contributed by atoms with Gasteiger partial charge in [-0.2, -0.15) is 0 Å². The lowest BCUT2D eigenvalue weighted by Gasteiger charge is -2.14. The fraction of sp³-hybridized carbons (Fsp3) is 0.444. The lowest BCUT2D eigenvalue weighted by molar-refractivity contribution is 0.301. The van der Waals surface area contributed by atoms with Gasteiger partial charge in [-0.15, -0.1) is 0 Å². The minimum absolute atomic E-state index is 0.202. The van der Waals surface area contributed by atoms with Gasteiger partial charge < -0.3 is 14.5 Å². The molecule has 0 amide bonds. The van der Waals surface area contributed by atoms with Gasteiger partial charge in [0.15, 0.2) is 0 Å². The van der Waals surface area contributed by atoms with Gasteiger partial charge in [-0.3, -0.25) is 0 Å². The molecule has 0 aliphatic heterocycles. The van der Waals surface area contributed by atoms with Crippen molar-refractivity contribution in [2.45, 2.75) is 39.7 Å². The van der Waals surface area contributed by atoms with Crippen molar-refractivity contribution < 1.29 is 9.15 Å². The number of nitrogens with one attached hydrogen (secondary N) is 1. The molecule has 0 bridgehead atoms. The van der Waals surface area contributed by atoms with Crippen LogP contribution in [0.3, 0.4) is 0 Å². The number of hydrogen-bond acceptors (Lipinski definition) is 3. The van der Waals surface area contributed by atoms with Gasteiger partial charge in [-0.05, 0) is 55.2 Å². The lowest BCUT2D eigenvalue weighted by atomic mass is 9.98. The maximum atomic E-state index is 5.80. The van der Waals surface area contributed by atoms with Crippen LogP contribution in [0.4, 0.5) is 0 Å². The van der Waals surface area contributed by atoms with Crippen molar-refractivity contribution >= 4 is 0 Å². The molecule has 0 aliphatic carbocycles. The number of furan rings is 1. The van der Waals surface area contributed by atoms with Crippen LogP contribution in [0.1, 0.15) is 49.6 Å². The SMILES string of the molecule is Cc1cc(OCCNC(C)c2ccco2)ccc1C(C)C. The van der Waals surface area contributed by atoms with Crippen molar-refractivity contribution in [1.82, 2.24) is 5.32 Å². The standard InChI is InChI=1S/C18H25NO2/c1-13(2)17-8-7-16(12-14(17)3)20-11-9-19-15(4)18-6-5-10-21-18/h5-8,10,12-13,15,19H,9,11H2,1-4H3. The van der Waals surface area contributed by atoms with Crippen molar-refractivity contribution in [1.29, 1.82) is 0 Å². The number of aryl methyl sites for hydroxylation is 1. The van der Waals surface area contributed by atoms with E-state index in [1.165, 1.54) is 11.1 Å². The Bertz CT molecular complexity index is 546. The topological polar surface area (TPSA) is 34.4 Å². The second-order valence-electron chi connectivity index (χ2n) is 5.71. The molecule has 1 unspecified atom stereocenters. The quantitative estimate of drug-likeness (QED) is 0.764. The summed E-state index contributed by atoms with van der Waals surface area (Å²) in [6, 6.07) is 10.4. The zero-order chi connectivity index (χ0) is 15.2. The van der Waals surface area contributed by atoms with Crippen LogP contribution >= 0.6 is 0 Å². The van der Waals surface area contributed by atoms with E-state index < -0.39 is 0 Å². The second kappa shape index (κ2) is 7.32. The molecule has 0 spiro atoms. The zero-order valence-electron chi connectivity index (χ0n) is 13.3. The molecule has 0 saturated carbocycles. The number of ether oxygens (including phenoxy) is 1. The van der Waals surface area contributed by atoms with E-state index in [-0.39, 0.29) is 6.04 Å². The molecule has 1 N–H and O–H groups in total. The molecule has 2 aromatic rings. The summed E-state index contributed by atoms with van der Waals surface area (Å²) in [5, 5.41) is 3.38. The highest BCUT2D eigenvalue weighted by atomic mass is 16.5. The maximum Gasteiger partial charge on any atom is 0.120 e. The summed E-state index contributed by atoms with van der Waals surface area (Å²) >= 11 is 0. The molecule has 3 nitrogen and oxygen atoms in total. The molecule has 0 saturated heterocycles. The Morgan fingerprint density at radius 3 is 2.62 bits per heavy atom. The first kappa shape index (κ1) is 15.6. The second-order valence-corrected chi connectivity index (χ2v) is 5.71. The highest BCUT2D eigenvalue weighted by Crippen LogP contribution is 2.23. The normalized spacial score (nSPS) is 12.6. The minimum Gasteiger partial charge on any atom is -0.492 e. The summed E-state index contributed by atoms with van der Waals surface area (Å²) in [7, 11) is 0. The van der Waals surface area contributed by atoms with E-state index >= 15 is 0 Å². The summed E-state index contributed by atoms with van der Waals surface area (Å²) in [6.07, 6.45) is 1.70. The third kappa shape index (κ3) is 4.36. The van der Waals surface area contributed by atoms with Crippen LogP contribution in [0.25, 0.3) is 0 Å². The van der Waals surface area contributed by atoms with E-state index in [0.717, 1.165) is 18.1 Å². The van der Waals surface area contributed by atoms with Crippen LogP contribution < -0.4 is 10.1 Å². The summed E-state index contributed by atoms with van der Waals surface area (Å²) in [6.45, 7) is 10.1. The Morgan fingerprint density at radius 1 is 1.19 bits per heavy atom. The third-order valence-electron chi connectivity index (χ3n) is 3.65. The molecule has 1 aromatic heterocycles. The fourth-order valence-corrected chi connectivity index (χ4v) is 2.47. The molecular weight excluding hydrogens is 262 g/mol. The molecule has 1 heterocycles. The first-order valence-electron chi connectivity index (χ1n) is 7.58. The van der Waals surface area contributed by atoms with Gasteiger partial charge in [0, 0.05) is 6.54 Å². The van der Waals surface area contributed by atoms with Crippen molar-refractivity contribution in [3.05, 3.63) is 53.5 Å². The Morgan fingerprint density at radius 2 is 2.00 bits per heavy atom. The number of rotatable bonds is 7. The van der Waals surface area contributed by atoms with Crippen molar-refractivity contribution in [3.63, 3.8) is 0 Å². The third-order valence-corrected chi connectivity index (χ3v) is 3.65. The van der Waals surface area contributed by atoms with Gasteiger partial charge >= 0.3 is 0 Å². The van der Waals surface area contributed by atoms with E-state index in [0.29, 0.717) is 12.5 Å². The van der Waals surface area contributed by atoms with Gasteiger partial charge in [0.1, 0.15) is 18.1 Å². The van der Waals surface area contributed by atoms with Crippen molar-refractivity contribution in [2.75, 3.05) is 13.2 Å². The average Bonchev–Trinajstić information content (AvgIpc) is 2.97. The minimum atomic E-state index is 0.202. The summed E-state index contributed by atoms with van der Waals surface area (Å²) in [5.74, 6) is 2.44. The Kier molecular flexibility index (Phi) is 5.45. The zero-order valence-corrected chi connectivity index (χ0v) is 13.3. The van der Waals surface area contributed by atoms with Crippen LogP contribution in [0.15, 0.2) is 41.0 Å². The molecule has 0 aliphatic rings. The van der Waals surface area contributed by atoms with E-state index in [1.807, 2.05) is 12.1 Å². The molecule has 2 rings (SSSR count). The maximum absolute atomic E-state index is 5.80. The van der Waals surface area contributed by atoms with Gasteiger partial charge in [0.25, 0.3) is 0 Å². The smallest absolute Gasteiger partial charge is 0.120 e.